The van der Waals surface area contributed by atoms with Gasteiger partial charge in [0.25, 0.3) is 5.91 Å². The number of hydrogen-bond acceptors (Lipinski definition) is 9. The quantitative estimate of drug-likeness (QED) is 0.0891. The van der Waals surface area contributed by atoms with Gasteiger partial charge in [-0.1, -0.05) is 72.5 Å². The first-order valence-corrected chi connectivity index (χ1v) is 17.4. The molecule has 254 valence electrons. The molecule has 0 radical (unpaired) electrons. The number of nitrogens with zero attached hydrogens (tertiary/aromatic N) is 2. The Kier molecular flexibility index (Phi) is 11.5. The molecule has 0 atom stereocenters. The summed E-state index contributed by atoms with van der Waals surface area (Å²) in [7, 11) is 1.53. The summed E-state index contributed by atoms with van der Waals surface area (Å²) in [6, 6.07) is 25.8. The van der Waals surface area contributed by atoms with Crippen LogP contribution in [0.15, 0.2) is 83.8 Å². The van der Waals surface area contributed by atoms with Gasteiger partial charge in [-0.3, -0.25) is 19.4 Å². The average Bonchev–Trinajstić information content (AvgIpc) is 3.38. The lowest BCUT2D eigenvalue weighted by molar-refractivity contribution is -0.136. The van der Waals surface area contributed by atoms with E-state index in [4.69, 9.17) is 36.3 Å². The smallest absolute Gasteiger partial charge is 0.307 e. The van der Waals surface area contributed by atoms with Crippen molar-refractivity contribution in [2.24, 2.45) is 0 Å². The van der Waals surface area contributed by atoms with Crippen molar-refractivity contribution < 1.29 is 33.6 Å². The van der Waals surface area contributed by atoms with Crippen LogP contribution >= 0.6 is 24.0 Å². The molecule has 11 heteroatoms. The number of rotatable bonds is 14. The van der Waals surface area contributed by atoms with Crippen molar-refractivity contribution in [1.82, 2.24) is 9.80 Å². The predicted molar refractivity (Wildman–Crippen MR) is 196 cm³/mol. The topological polar surface area (TPSA) is 97.8 Å². The van der Waals surface area contributed by atoms with Crippen LogP contribution < -0.4 is 14.2 Å². The molecule has 1 N–H and O–H groups in total. The number of carboxylic acid groups (broad SMARTS) is 1. The highest BCUT2D eigenvalue weighted by atomic mass is 32.2. The number of aliphatic carboxylic acids is 1. The third-order valence-electron chi connectivity index (χ3n) is 8.39. The van der Waals surface area contributed by atoms with E-state index in [1.54, 1.807) is 23.1 Å². The number of thioether (sulfide) groups is 1. The number of morpholine rings is 1. The third kappa shape index (κ3) is 8.79. The van der Waals surface area contributed by atoms with Crippen LogP contribution in [0.4, 0.5) is 0 Å². The van der Waals surface area contributed by atoms with E-state index in [0.717, 1.165) is 54.9 Å². The lowest BCUT2D eigenvalue weighted by Crippen LogP contribution is -2.38. The van der Waals surface area contributed by atoms with Crippen molar-refractivity contribution in [2.75, 3.05) is 59.7 Å². The molecule has 2 heterocycles. The number of hydrogen-bond donors (Lipinski definition) is 1. The second-order valence-corrected chi connectivity index (χ2v) is 13.4. The van der Waals surface area contributed by atoms with Crippen LogP contribution in [0.3, 0.4) is 0 Å². The highest BCUT2D eigenvalue weighted by Crippen LogP contribution is 2.36. The molecule has 0 aliphatic carbocycles. The zero-order valence-corrected chi connectivity index (χ0v) is 28.9. The molecule has 1 amide bonds. The number of thiocarbonyl (C=S) groups is 1. The minimum absolute atomic E-state index is 0.116. The Labute approximate surface area is 295 Å². The van der Waals surface area contributed by atoms with Gasteiger partial charge < -0.3 is 24.1 Å². The lowest BCUT2D eigenvalue weighted by Gasteiger charge is -2.26. The van der Waals surface area contributed by atoms with E-state index in [1.165, 1.54) is 24.3 Å². The van der Waals surface area contributed by atoms with Crippen molar-refractivity contribution in [3.63, 3.8) is 0 Å². The summed E-state index contributed by atoms with van der Waals surface area (Å²) >= 11 is 6.92. The molecule has 4 aromatic carbocycles. The Morgan fingerprint density at radius 2 is 1.63 bits per heavy atom. The Balaban J connectivity index is 1.16. The summed E-state index contributed by atoms with van der Waals surface area (Å²) in [5, 5.41) is 11.5. The molecule has 0 unspecified atom stereocenters. The predicted octanol–water partition coefficient (Wildman–Crippen LogP) is 6.52. The number of ether oxygens (including phenoxy) is 4. The number of carboxylic acids is 1. The molecule has 4 aromatic rings. The van der Waals surface area contributed by atoms with Gasteiger partial charge in [0.05, 0.1) is 38.3 Å². The number of carbonyl (C=O) groups excluding carboxylic acids is 1. The number of amides is 1. The molecule has 0 saturated carbocycles. The van der Waals surface area contributed by atoms with Gasteiger partial charge in [-0.2, -0.15) is 0 Å². The molecule has 9 nitrogen and oxygen atoms in total. The third-order valence-corrected chi connectivity index (χ3v) is 9.77. The van der Waals surface area contributed by atoms with Crippen LogP contribution in [-0.4, -0.2) is 90.8 Å². The number of methoxy groups -OCH3 is 1. The highest BCUT2D eigenvalue weighted by molar-refractivity contribution is 8.26. The molecule has 2 aliphatic rings. The molecule has 0 aromatic heterocycles. The fraction of sp³-hybridized carbons (Fsp3) is 0.289. The monoisotopic (exact) mass is 698 g/mol. The van der Waals surface area contributed by atoms with Gasteiger partial charge in [0.15, 0.2) is 11.5 Å². The van der Waals surface area contributed by atoms with E-state index in [9.17, 15) is 9.59 Å². The summed E-state index contributed by atoms with van der Waals surface area (Å²) in [4.78, 5) is 29.2. The summed E-state index contributed by atoms with van der Waals surface area (Å²) in [6.45, 7) is 5.19. The molecular weight excluding hydrogens is 661 g/mol. The van der Waals surface area contributed by atoms with Crippen molar-refractivity contribution >= 4 is 57.0 Å². The van der Waals surface area contributed by atoms with Gasteiger partial charge in [0, 0.05) is 31.7 Å². The normalized spacial score (nSPS) is 16.0. The van der Waals surface area contributed by atoms with E-state index in [0.29, 0.717) is 51.6 Å². The van der Waals surface area contributed by atoms with E-state index >= 15 is 0 Å². The molecule has 0 bridgehead atoms. The summed E-state index contributed by atoms with van der Waals surface area (Å²) in [5.74, 6) is 0.586. The first kappa shape index (κ1) is 34.4. The maximum Gasteiger partial charge on any atom is 0.307 e. The molecule has 2 aliphatic heterocycles. The molecular formula is C38H38N2O7S2. The van der Waals surface area contributed by atoms with Crippen LogP contribution in [-0.2, 0) is 20.7 Å². The van der Waals surface area contributed by atoms with E-state index in [1.807, 2.05) is 24.3 Å². The average molecular weight is 699 g/mol. The highest BCUT2D eigenvalue weighted by Gasteiger charge is 2.32. The van der Waals surface area contributed by atoms with Gasteiger partial charge in [-0.05, 0) is 70.3 Å². The fourth-order valence-corrected chi connectivity index (χ4v) is 7.11. The minimum Gasteiger partial charge on any atom is -0.493 e. The SMILES string of the molecule is COc1ccc(CC(=O)O)cc1OCCCN1C(=O)/C(=C/c2cc(-c3ccc4ccccc4c3)ccc2OCCN2CCOCC2)SC1=S. The second kappa shape index (κ2) is 16.3. The van der Waals surface area contributed by atoms with E-state index < -0.39 is 5.97 Å². The Bertz CT molecular complexity index is 1870. The van der Waals surface area contributed by atoms with Gasteiger partial charge in [0.1, 0.15) is 16.7 Å². The van der Waals surface area contributed by atoms with E-state index in [-0.39, 0.29) is 18.9 Å². The fourth-order valence-electron chi connectivity index (χ4n) is 5.81. The summed E-state index contributed by atoms with van der Waals surface area (Å²) in [5.41, 5.74) is 3.52. The van der Waals surface area contributed by atoms with Crippen molar-refractivity contribution in [3.05, 3.63) is 94.9 Å². The summed E-state index contributed by atoms with van der Waals surface area (Å²) < 4.78 is 23.6. The first-order valence-electron chi connectivity index (χ1n) is 16.2. The van der Waals surface area contributed by atoms with Crippen LogP contribution in [0.5, 0.6) is 17.2 Å². The van der Waals surface area contributed by atoms with Gasteiger partial charge in [-0.15, -0.1) is 0 Å². The standard InChI is InChI=1S/C38H38N2O7S2/c1-44-33-11-7-26(22-36(41)42)21-34(33)46-17-4-13-40-37(43)35(49-38(40)48)25-31-24-30(29-9-8-27-5-2-3-6-28(27)23-29)10-12-32(31)47-20-16-39-14-18-45-19-15-39/h2-3,5-12,21,23-25H,4,13-20,22H2,1H3,(H,41,42)/b35-25-. The molecule has 0 spiro atoms. The van der Waals surface area contributed by atoms with Gasteiger partial charge >= 0.3 is 5.97 Å². The van der Waals surface area contributed by atoms with Crippen LogP contribution in [0.2, 0.25) is 0 Å². The largest absolute Gasteiger partial charge is 0.493 e. The maximum atomic E-state index is 13.6. The molecule has 6 rings (SSSR count). The van der Waals surface area contributed by atoms with Gasteiger partial charge in [0.2, 0.25) is 0 Å². The number of benzene rings is 4. The zero-order valence-electron chi connectivity index (χ0n) is 27.3. The number of carbonyl (C=O) groups is 2. The van der Waals surface area contributed by atoms with Crippen LogP contribution in [0.25, 0.3) is 28.0 Å². The molecule has 49 heavy (non-hydrogen) atoms. The maximum absolute atomic E-state index is 13.6. The van der Waals surface area contributed by atoms with Crippen molar-refractivity contribution in [1.29, 1.82) is 0 Å². The van der Waals surface area contributed by atoms with E-state index in [2.05, 4.69) is 47.4 Å². The first-order chi connectivity index (χ1) is 23.9. The van der Waals surface area contributed by atoms with Crippen LogP contribution in [0.1, 0.15) is 17.5 Å². The minimum atomic E-state index is -0.925. The Morgan fingerprint density at radius 1 is 0.898 bits per heavy atom. The van der Waals surface area contributed by atoms with Crippen molar-refractivity contribution in [2.45, 2.75) is 12.8 Å². The second-order valence-electron chi connectivity index (χ2n) is 11.7. The van der Waals surface area contributed by atoms with Crippen molar-refractivity contribution in [3.8, 4) is 28.4 Å². The Hall–Kier alpha value is -4.42. The van der Waals surface area contributed by atoms with Gasteiger partial charge in [-0.25, -0.2) is 0 Å². The number of fused-ring (bicyclic) bond motifs is 1. The molecule has 2 saturated heterocycles. The zero-order chi connectivity index (χ0) is 34.2. The molecule has 2 fully saturated rings. The van der Waals surface area contributed by atoms with Crippen LogP contribution in [0, 0.1) is 0 Å². The Morgan fingerprint density at radius 3 is 2.43 bits per heavy atom. The summed E-state index contributed by atoms with van der Waals surface area (Å²) in [6.07, 6.45) is 2.28. The lowest BCUT2D eigenvalue weighted by atomic mass is 9.99.